The van der Waals surface area contributed by atoms with Crippen molar-refractivity contribution in [1.82, 2.24) is 15.5 Å². The van der Waals surface area contributed by atoms with Gasteiger partial charge in [-0.25, -0.2) is 0 Å². The smallest absolute Gasteiger partial charge is 0.220 e. The number of carbonyl (C=O) groups excluding carboxylic acids is 1. The molecule has 2 fully saturated rings. The van der Waals surface area contributed by atoms with Crippen molar-refractivity contribution in [2.24, 2.45) is 11.8 Å². The highest BCUT2D eigenvalue weighted by Crippen LogP contribution is 2.37. The lowest BCUT2D eigenvalue weighted by Gasteiger charge is -2.35. The summed E-state index contributed by atoms with van der Waals surface area (Å²) in [5, 5.41) is 21.8. The summed E-state index contributed by atoms with van der Waals surface area (Å²) in [4.78, 5) is 14.8. The highest BCUT2D eigenvalue weighted by Gasteiger charge is 2.42. The number of aromatic nitrogens is 2. The number of anilines is 1. The van der Waals surface area contributed by atoms with E-state index in [0.717, 1.165) is 36.6 Å². The summed E-state index contributed by atoms with van der Waals surface area (Å²) in [6, 6.07) is 11.4. The van der Waals surface area contributed by atoms with Crippen molar-refractivity contribution in [3.8, 4) is 5.75 Å². The highest BCUT2D eigenvalue weighted by molar-refractivity contribution is 5.76. The molecule has 2 aliphatic rings. The highest BCUT2D eigenvalue weighted by atomic mass is 16.5. The number of nitrogens with zero attached hydrogens (tertiary/aromatic N) is 3. The average Bonchev–Trinajstić information content (AvgIpc) is 3.16. The number of aliphatic hydroxyl groups is 1. The number of amides is 1. The first-order valence-electron chi connectivity index (χ1n) is 10.3. The number of ether oxygens (including phenoxy) is 1. The van der Waals surface area contributed by atoms with Gasteiger partial charge >= 0.3 is 0 Å². The third-order valence-corrected chi connectivity index (χ3v) is 6.18. The zero-order valence-corrected chi connectivity index (χ0v) is 16.7. The molecule has 154 valence electrons. The minimum Gasteiger partial charge on any atom is -0.496 e. The summed E-state index contributed by atoms with van der Waals surface area (Å²) in [7, 11) is 1.64. The van der Waals surface area contributed by atoms with Gasteiger partial charge in [-0.3, -0.25) is 4.79 Å². The van der Waals surface area contributed by atoms with Gasteiger partial charge in [-0.1, -0.05) is 18.2 Å². The molecule has 2 heterocycles. The number of hydrogen-bond donors (Lipinski definition) is 2. The molecule has 4 atom stereocenters. The van der Waals surface area contributed by atoms with Crippen LogP contribution in [0.1, 0.15) is 24.8 Å². The number of methoxy groups -OCH3 is 1. The number of fused-ring (bicyclic) bond motifs is 1. The second-order valence-corrected chi connectivity index (χ2v) is 8.03. The maximum Gasteiger partial charge on any atom is 0.220 e. The van der Waals surface area contributed by atoms with Crippen molar-refractivity contribution in [2.45, 2.75) is 37.8 Å². The van der Waals surface area contributed by atoms with Crippen LogP contribution in [0.3, 0.4) is 0 Å². The minimum atomic E-state index is -0.506. The molecule has 1 aliphatic carbocycles. The Balaban J connectivity index is 1.31. The maximum atomic E-state index is 12.5. The van der Waals surface area contributed by atoms with Gasteiger partial charge in [0.15, 0.2) is 5.82 Å². The molecule has 29 heavy (non-hydrogen) atoms. The Labute approximate surface area is 171 Å². The molecule has 4 rings (SSSR count). The maximum absolute atomic E-state index is 12.5. The van der Waals surface area contributed by atoms with Gasteiger partial charge in [0.25, 0.3) is 0 Å². The lowest BCUT2D eigenvalue weighted by molar-refractivity contribution is -0.123. The molecular formula is C22H28N4O3. The van der Waals surface area contributed by atoms with E-state index in [9.17, 15) is 9.90 Å². The number of hydrogen-bond acceptors (Lipinski definition) is 6. The summed E-state index contributed by atoms with van der Waals surface area (Å²) in [6.45, 7) is 1.78. The van der Waals surface area contributed by atoms with E-state index in [0.29, 0.717) is 31.1 Å². The third-order valence-electron chi connectivity index (χ3n) is 6.18. The zero-order valence-electron chi connectivity index (χ0n) is 16.7. The Bertz CT molecular complexity index is 832. The van der Waals surface area contributed by atoms with Gasteiger partial charge in [-0.15, -0.1) is 5.10 Å². The molecule has 1 aliphatic heterocycles. The molecule has 7 nitrogen and oxygen atoms in total. The molecule has 0 radical (unpaired) electrons. The van der Waals surface area contributed by atoms with Crippen LogP contribution in [0.15, 0.2) is 42.6 Å². The molecule has 0 bridgehead atoms. The summed E-state index contributed by atoms with van der Waals surface area (Å²) < 4.78 is 5.35. The van der Waals surface area contributed by atoms with Gasteiger partial charge in [0, 0.05) is 25.7 Å². The summed E-state index contributed by atoms with van der Waals surface area (Å²) in [6.07, 6.45) is 3.66. The van der Waals surface area contributed by atoms with Crippen molar-refractivity contribution >= 4 is 11.7 Å². The first kappa shape index (κ1) is 19.6. The number of aliphatic hydroxyl groups excluding tert-OH is 1. The standard InChI is InChI=1S/C22H28N4O3/c1-29-20-6-3-2-5-15(20)8-9-22(28)24-18-11-16-13-26(14-17(16)12-19(18)27)21-7-4-10-23-25-21/h2-7,10,16-19,27H,8-9,11-14H2,1H3,(H,24,28)/t16-,17+,18-,19-/m0/s1. The van der Waals surface area contributed by atoms with Crippen molar-refractivity contribution in [3.63, 3.8) is 0 Å². The van der Waals surface area contributed by atoms with Crippen LogP contribution in [0.5, 0.6) is 5.75 Å². The van der Waals surface area contributed by atoms with E-state index in [-0.39, 0.29) is 11.9 Å². The molecule has 2 N–H and O–H groups in total. The second kappa shape index (κ2) is 8.78. The van der Waals surface area contributed by atoms with Crippen molar-refractivity contribution in [2.75, 3.05) is 25.1 Å². The van der Waals surface area contributed by atoms with E-state index in [1.54, 1.807) is 13.3 Å². The van der Waals surface area contributed by atoms with Gasteiger partial charge in [0.1, 0.15) is 5.75 Å². The molecule has 1 amide bonds. The molecule has 1 saturated carbocycles. The fraction of sp³-hybridized carbons (Fsp3) is 0.500. The Morgan fingerprint density at radius 2 is 2.00 bits per heavy atom. The summed E-state index contributed by atoms with van der Waals surface area (Å²) in [5.74, 6) is 2.53. The van der Waals surface area contributed by atoms with Crippen molar-refractivity contribution < 1.29 is 14.6 Å². The zero-order chi connectivity index (χ0) is 20.2. The van der Waals surface area contributed by atoms with Gasteiger partial charge in [-0.05, 0) is 54.9 Å². The Morgan fingerprint density at radius 3 is 2.76 bits per heavy atom. The molecule has 1 saturated heterocycles. The van der Waals surface area contributed by atoms with E-state index in [1.165, 1.54) is 0 Å². The molecule has 1 aromatic carbocycles. The quantitative estimate of drug-likeness (QED) is 0.774. The summed E-state index contributed by atoms with van der Waals surface area (Å²) >= 11 is 0. The predicted molar refractivity (Wildman–Crippen MR) is 110 cm³/mol. The van der Waals surface area contributed by atoms with Crippen LogP contribution in [0.25, 0.3) is 0 Å². The van der Waals surface area contributed by atoms with Crippen LogP contribution in [0, 0.1) is 11.8 Å². The normalized spacial score (nSPS) is 26.1. The summed E-state index contributed by atoms with van der Waals surface area (Å²) in [5.41, 5.74) is 1.02. The molecule has 7 heteroatoms. The Morgan fingerprint density at radius 1 is 1.21 bits per heavy atom. The predicted octanol–water partition coefficient (Wildman–Crippen LogP) is 1.81. The molecule has 0 spiro atoms. The van der Waals surface area contributed by atoms with E-state index in [4.69, 9.17) is 4.74 Å². The van der Waals surface area contributed by atoms with E-state index in [1.807, 2.05) is 36.4 Å². The van der Waals surface area contributed by atoms with Gasteiger partial charge in [0.2, 0.25) is 5.91 Å². The minimum absolute atomic E-state index is 0.0258. The third kappa shape index (κ3) is 4.50. The van der Waals surface area contributed by atoms with Crippen LogP contribution in [0.4, 0.5) is 5.82 Å². The SMILES string of the molecule is COc1ccccc1CCC(=O)N[C@H]1C[C@H]2CN(c3cccnn3)C[C@H]2C[C@@H]1O. The lowest BCUT2D eigenvalue weighted by Crippen LogP contribution is -2.49. The van der Waals surface area contributed by atoms with Crippen LogP contribution < -0.4 is 15.0 Å². The second-order valence-electron chi connectivity index (χ2n) is 8.03. The van der Waals surface area contributed by atoms with E-state index < -0.39 is 6.10 Å². The number of rotatable bonds is 6. The van der Waals surface area contributed by atoms with Gasteiger partial charge in [-0.2, -0.15) is 5.10 Å². The molecule has 2 aromatic rings. The lowest BCUT2D eigenvalue weighted by atomic mass is 9.77. The Hall–Kier alpha value is -2.67. The molecule has 1 aromatic heterocycles. The first-order chi connectivity index (χ1) is 14.1. The van der Waals surface area contributed by atoms with E-state index in [2.05, 4.69) is 20.4 Å². The Kier molecular flexibility index (Phi) is 5.94. The fourth-order valence-electron chi connectivity index (χ4n) is 4.67. The topological polar surface area (TPSA) is 87.6 Å². The van der Waals surface area contributed by atoms with E-state index >= 15 is 0 Å². The van der Waals surface area contributed by atoms with Crippen LogP contribution >= 0.6 is 0 Å². The van der Waals surface area contributed by atoms with Gasteiger partial charge < -0.3 is 20.1 Å². The number of carbonyl (C=O) groups is 1. The van der Waals surface area contributed by atoms with Crippen molar-refractivity contribution in [3.05, 3.63) is 48.2 Å². The molecular weight excluding hydrogens is 368 g/mol. The largest absolute Gasteiger partial charge is 0.496 e. The average molecular weight is 396 g/mol. The number of nitrogens with one attached hydrogen (secondary N) is 1. The van der Waals surface area contributed by atoms with Crippen LogP contribution in [-0.4, -0.2) is 53.6 Å². The number of para-hydroxylation sites is 1. The fourth-order valence-corrected chi connectivity index (χ4v) is 4.67. The first-order valence-corrected chi connectivity index (χ1v) is 10.3. The number of benzene rings is 1. The molecule has 0 unspecified atom stereocenters. The van der Waals surface area contributed by atoms with Crippen LogP contribution in [0.2, 0.25) is 0 Å². The monoisotopic (exact) mass is 396 g/mol. The number of aryl methyl sites for hydroxylation is 1. The van der Waals surface area contributed by atoms with Gasteiger partial charge in [0.05, 0.1) is 19.3 Å². The van der Waals surface area contributed by atoms with Crippen molar-refractivity contribution in [1.29, 1.82) is 0 Å². The van der Waals surface area contributed by atoms with Crippen LogP contribution in [-0.2, 0) is 11.2 Å².